The van der Waals surface area contributed by atoms with Gasteiger partial charge in [0.1, 0.15) is 0 Å². The number of carbonyl (C=O) groups excluding carboxylic acids is 1. The first-order chi connectivity index (χ1) is 8.83. The molecular formula is C13H25ClN2O3S. The average Bonchev–Trinajstić information content (AvgIpc) is 2.72. The number of amides is 1. The topological polar surface area (TPSA) is 80.5 Å². The Balaban J connectivity index is 0.00000200. The fourth-order valence-corrected chi connectivity index (χ4v) is 4.75. The summed E-state index contributed by atoms with van der Waals surface area (Å²) in [7, 11) is -3.03. The SMILES string of the molecule is CC1C(C)S(=O)(=O)CCN1C(=O)C[C@@H]1CCC[C@H]1N.Cl. The molecule has 0 bridgehead atoms. The van der Waals surface area contributed by atoms with E-state index in [2.05, 4.69) is 0 Å². The molecule has 2 aliphatic rings. The molecule has 1 amide bonds. The van der Waals surface area contributed by atoms with Crippen molar-refractivity contribution in [3.63, 3.8) is 0 Å². The second-order valence-corrected chi connectivity index (χ2v) is 8.44. The summed E-state index contributed by atoms with van der Waals surface area (Å²) in [6.07, 6.45) is 3.58. The van der Waals surface area contributed by atoms with Gasteiger partial charge in [0.05, 0.1) is 11.0 Å². The van der Waals surface area contributed by atoms with E-state index in [1.165, 1.54) is 0 Å². The summed E-state index contributed by atoms with van der Waals surface area (Å²) >= 11 is 0. The van der Waals surface area contributed by atoms with E-state index in [-0.39, 0.29) is 42.1 Å². The molecule has 1 saturated heterocycles. The molecule has 1 aliphatic heterocycles. The minimum atomic E-state index is -3.03. The van der Waals surface area contributed by atoms with Crippen LogP contribution in [0.5, 0.6) is 0 Å². The van der Waals surface area contributed by atoms with Crippen molar-refractivity contribution in [3.05, 3.63) is 0 Å². The Morgan fingerprint density at radius 2 is 1.95 bits per heavy atom. The van der Waals surface area contributed by atoms with Crippen LogP contribution in [0.4, 0.5) is 0 Å². The highest BCUT2D eigenvalue weighted by Crippen LogP contribution is 2.29. The van der Waals surface area contributed by atoms with Crippen LogP contribution in [-0.4, -0.2) is 48.9 Å². The molecule has 118 valence electrons. The lowest BCUT2D eigenvalue weighted by molar-refractivity contribution is -0.134. The summed E-state index contributed by atoms with van der Waals surface area (Å²) in [5, 5.41) is -0.470. The molecule has 0 aromatic rings. The fourth-order valence-electron chi connectivity index (χ4n) is 3.18. The van der Waals surface area contributed by atoms with Crippen molar-refractivity contribution in [1.82, 2.24) is 4.90 Å². The van der Waals surface area contributed by atoms with Gasteiger partial charge < -0.3 is 10.6 Å². The number of nitrogens with two attached hydrogens (primary N) is 1. The molecule has 2 fully saturated rings. The van der Waals surface area contributed by atoms with Crippen molar-refractivity contribution in [3.8, 4) is 0 Å². The van der Waals surface area contributed by atoms with Gasteiger partial charge in [-0.15, -0.1) is 12.4 Å². The van der Waals surface area contributed by atoms with E-state index in [0.29, 0.717) is 13.0 Å². The number of carbonyl (C=O) groups is 1. The van der Waals surface area contributed by atoms with Crippen LogP contribution in [0.3, 0.4) is 0 Å². The van der Waals surface area contributed by atoms with Gasteiger partial charge in [0.2, 0.25) is 5.91 Å². The largest absolute Gasteiger partial charge is 0.338 e. The van der Waals surface area contributed by atoms with E-state index >= 15 is 0 Å². The van der Waals surface area contributed by atoms with Crippen LogP contribution in [0.1, 0.15) is 39.5 Å². The zero-order valence-electron chi connectivity index (χ0n) is 12.1. The zero-order chi connectivity index (χ0) is 14.2. The molecule has 1 saturated carbocycles. The van der Waals surface area contributed by atoms with Crippen LogP contribution in [0, 0.1) is 5.92 Å². The monoisotopic (exact) mass is 324 g/mol. The lowest BCUT2D eigenvalue weighted by Crippen LogP contribution is -2.54. The van der Waals surface area contributed by atoms with Gasteiger partial charge in [-0.3, -0.25) is 4.79 Å². The molecule has 1 heterocycles. The summed E-state index contributed by atoms with van der Waals surface area (Å²) in [4.78, 5) is 14.1. The Labute approximate surface area is 127 Å². The molecule has 2 unspecified atom stereocenters. The third kappa shape index (κ3) is 3.46. The molecule has 5 nitrogen and oxygen atoms in total. The van der Waals surface area contributed by atoms with Crippen molar-refractivity contribution in [2.24, 2.45) is 11.7 Å². The number of rotatable bonds is 2. The van der Waals surface area contributed by atoms with Gasteiger partial charge in [-0.05, 0) is 32.6 Å². The van der Waals surface area contributed by atoms with Gasteiger partial charge in [0.15, 0.2) is 9.84 Å². The maximum Gasteiger partial charge on any atom is 0.223 e. The predicted molar refractivity (Wildman–Crippen MR) is 81.6 cm³/mol. The Morgan fingerprint density at radius 1 is 1.30 bits per heavy atom. The highest BCUT2D eigenvalue weighted by Gasteiger charge is 2.39. The highest BCUT2D eigenvalue weighted by atomic mass is 35.5. The molecule has 7 heteroatoms. The molecule has 2 N–H and O–H groups in total. The molecule has 4 atom stereocenters. The molecule has 0 aromatic heterocycles. The first-order valence-electron chi connectivity index (χ1n) is 7.09. The Hall–Kier alpha value is -0.330. The molecule has 20 heavy (non-hydrogen) atoms. The van der Waals surface area contributed by atoms with Gasteiger partial charge in [-0.25, -0.2) is 8.42 Å². The minimum absolute atomic E-state index is 0. The zero-order valence-corrected chi connectivity index (χ0v) is 13.8. The van der Waals surface area contributed by atoms with Crippen LogP contribution < -0.4 is 5.73 Å². The van der Waals surface area contributed by atoms with Crippen molar-refractivity contribution in [1.29, 1.82) is 0 Å². The summed E-state index contributed by atoms with van der Waals surface area (Å²) in [6.45, 7) is 3.85. The Morgan fingerprint density at radius 3 is 2.50 bits per heavy atom. The maximum absolute atomic E-state index is 12.3. The third-order valence-electron chi connectivity index (χ3n) is 4.83. The molecule has 0 spiro atoms. The van der Waals surface area contributed by atoms with E-state index in [1.807, 2.05) is 6.92 Å². The molecule has 1 aliphatic carbocycles. The smallest absolute Gasteiger partial charge is 0.223 e. The van der Waals surface area contributed by atoms with E-state index in [4.69, 9.17) is 5.73 Å². The minimum Gasteiger partial charge on any atom is -0.338 e. The molecule has 0 radical (unpaired) electrons. The van der Waals surface area contributed by atoms with Gasteiger partial charge in [0.25, 0.3) is 0 Å². The van der Waals surface area contributed by atoms with Crippen molar-refractivity contribution in [2.45, 2.75) is 56.9 Å². The van der Waals surface area contributed by atoms with Gasteiger partial charge in [-0.1, -0.05) is 6.42 Å². The van der Waals surface area contributed by atoms with Crippen molar-refractivity contribution < 1.29 is 13.2 Å². The number of nitrogens with zero attached hydrogens (tertiary/aromatic N) is 1. The fraction of sp³-hybridized carbons (Fsp3) is 0.923. The lowest BCUT2D eigenvalue weighted by atomic mass is 9.99. The van der Waals surface area contributed by atoms with Crippen LogP contribution in [-0.2, 0) is 14.6 Å². The second kappa shape index (κ2) is 6.62. The standard InChI is InChI=1S/C13H24N2O3S.ClH/c1-9-10(2)19(17,18)7-6-15(9)13(16)8-11-4-3-5-12(11)14;/h9-12H,3-8,14H2,1-2H3;1H/t9?,10?,11-,12+;/m0./s1. The van der Waals surface area contributed by atoms with E-state index in [1.54, 1.807) is 11.8 Å². The van der Waals surface area contributed by atoms with E-state index < -0.39 is 15.1 Å². The normalized spacial score (nSPS) is 36.5. The third-order valence-corrected chi connectivity index (χ3v) is 7.11. The van der Waals surface area contributed by atoms with Crippen LogP contribution in [0.25, 0.3) is 0 Å². The van der Waals surface area contributed by atoms with Crippen LogP contribution in [0.2, 0.25) is 0 Å². The summed E-state index contributed by atoms with van der Waals surface area (Å²) in [5.74, 6) is 0.422. The summed E-state index contributed by atoms with van der Waals surface area (Å²) < 4.78 is 23.6. The summed E-state index contributed by atoms with van der Waals surface area (Å²) in [5.41, 5.74) is 6.00. The molecule has 0 aromatic carbocycles. The number of hydrogen-bond acceptors (Lipinski definition) is 4. The predicted octanol–water partition coefficient (Wildman–Crippen LogP) is 0.960. The van der Waals surface area contributed by atoms with E-state index in [0.717, 1.165) is 19.3 Å². The number of halogens is 1. The lowest BCUT2D eigenvalue weighted by Gasteiger charge is -2.38. The van der Waals surface area contributed by atoms with Crippen molar-refractivity contribution >= 4 is 28.2 Å². The number of hydrogen-bond donors (Lipinski definition) is 1. The first kappa shape index (κ1) is 17.7. The first-order valence-corrected chi connectivity index (χ1v) is 8.81. The average molecular weight is 325 g/mol. The van der Waals surface area contributed by atoms with Gasteiger partial charge >= 0.3 is 0 Å². The Bertz CT molecular complexity index is 455. The van der Waals surface area contributed by atoms with Gasteiger partial charge in [-0.2, -0.15) is 0 Å². The summed E-state index contributed by atoms with van der Waals surface area (Å²) in [6, 6.07) is -0.103. The molecule has 2 rings (SSSR count). The Kier molecular flexibility index (Phi) is 5.87. The van der Waals surface area contributed by atoms with Crippen LogP contribution in [0.15, 0.2) is 0 Å². The molecular weight excluding hydrogens is 300 g/mol. The van der Waals surface area contributed by atoms with Gasteiger partial charge in [0, 0.05) is 25.0 Å². The quantitative estimate of drug-likeness (QED) is 0.820. The highest BCUT2D eigenvalue weighted by molar-refractivity contribution is 7.92. The second-order valence-electron chi connectivity index (χ2n) is 5.96. The van der Waals surface area contributed by atoms with Crippen molar-refractivity contribution in [2.75, 3.05) is 12.3 Å². The van der Waals surface area contributed by atoms with E-state index in [9.17, 15) is 13.2 Å². The number of sulfone groups is 1. The maximum atomic E-state index is 12.3. The van der Waals surface area contributed by atoms with Crippen LogP contribution >= 0.6 is 12.4 Å².